The minimum absolute atomic E-state index is 0.103. The number of ether oxygens (including phenoxy) is 1. The number of hydrogen-bond donors (Lipinski definition) is 1. The van der Waals surface area contributed by atoms with E-state index in [2.05, 4.69) is 55.8 Å². The van der Waals surface area contributed by atoms with Crippen LogP contribution in [0.15, 0.2) is 42.5 Å². The molecule has 5 rings (SSSR count). The maximum Gasteiger partial charge on any atom is 0.251 e. The Kier molecular flexibility index (Phi) is 9.35. The number of likely N-dealkylation sites (tertiary alicyclic amines) is 2. The lowest BCUT2D eigenvalue weighted by Crippen LogP contribution is -2.74. The van der Waals surface area contributed by atoms with E-state index in [4.69, 9.17) is 21.6 Å². The van der Waals surface area contributed by atoms with E-state index >= 15 is 0 Å². The third kappa shape index (κ3) is 6.63. The zero-order chi connectivity index (χ0) is 31.6. The van der Waals surface area contributed by atoms with Crippen LogP contribution in [0.25, 0.3) is 0 Å². The van der Waals surface area contributed by atoms with E-state index in [9.17, 15) is 9.59 Å². The van der Waals surface area contributed by atoms with E-state index in [1.807, 2.05) is 29.2 Å². The minimum atomic E-state index is -0.327. The predicted molar refractivity (Wildman–Crippen MR) is 176 cm³/mol. The van der Waals surface area contributed by atoms with Crippen LogP contribution in [-0.2, 0) is 0 Å². The van der Waals surface area contributed by atoms with Gasteiger partial charge in [0.2, 0.25) is 7.85 Å². The number of benzene rings is 2. The fourth-order valence-electron chi connectivity index (χ4n) is 7.66. The van der Waals surface area contributed by atoms with Crippen molar-refractivity contribution in [2.75, 3.05) is 26.2 Å². The number of carbonyl (C=O) groups is 2. The van der Waals surface area contributed by atoms with Gasteiger partial charge in [0.15, 0.2) is 5.81 Å². The zero-order valence-corrected chi connectivity index (χ0v) is 27.2. The van der Waals surface area contributed by atoms with Gasteiger partial charge in [0, 0.05) is 59.1 Å². The van der Waals surface area contributed by atoms with Crippen molar-refractivity contribution >= 4 is 31.2 Å². The highest BCUT2D eigenvalue weighted by molar-refractivity contribution is 6.56. The average Bonchev–Trinajstić information content (AvgIpc) is 3.01. The van der Waals surface area contributed by atoms with Crippen molar-refractivity contribution in [1.82, 2.24) is 15.1 Å². The van der Waals surface area contributed by atoms with Crippen LogP contribution in [0, 0.1) is 39.9 Å². The summed E-state index contributed by atoms with van der Waals surface area (Å²) >= 11 is 6.22. The number of piperidine rings is 2. The molecule has 44 heavy (non-hydrogen) atoms. The van der Waals surface area contributed by atoms with Crippen LogP contribution in [0.3, 0.4) is 0 Å². The normalized spacial score (nSPS) is 23.4. The number of hydrogen-bond acceptors (Lipinski definition) is 5. The van der Waals surface area contributed by atoms with Crippen molar-refractivity contribution < 1.29 is 14.3 Å². The highest BCUT2D eigenvalue weighted by Crippen LogP contribution is 2.55. The summed E-state index contributed by atoms with van der Waals surface area (Å²) in [7, 11) is 1.66. The lowest BCUT2D eigenvalue weighted by molar-refractivity contribution is -0.164. The fourth-order valence-corrected chi connectivity index (χ4v) is 7.87. The van der Waals surface area contributed by atoms with Gasteiger partial charge in [0.25, 0.3) is 5.91 Å². The topological polar surface area (TPSA) is 85.7 Å². The number of nitrogens with zero attached hydrogens (tertiary/aromatic N) is 3. The molecule has 2 aromatic carbocycles. The lowest BCUT2D eigenvalue weighted by Gasteiger charge is -2.63. The Bertz CT molecular complexity index is 1470. The smallest absolute Gasteiger partial charge is 0.251 e. The van der Waals surface area contributed by atoms with Gasteiger partial charge in [-0.1, -0.05) is 51.1 Å². The highest BCUT2D eigenvalue weighted by atomic mass is 35.5. The molecule has 0 unspecified atom stereocenters. The first-order valence-electron chi connectivity index (χ1n) is 15.7. The zero-order valence-electron chi connectivity index (χ0n) is 26.5. The molecule has 7 nitrogen and oxygen atoms in total. The third-order valence-corrected chi connectivity index (χ3v) is 10.3. The SMILES string of the molecule is BC(=O)N1CCC(N2CCC(C#Cc3ccc(C(=O)N[C@H]4C(C)(C)[C@H](Oc5ccc(C#N)c(Cl)c5)C4(C)C)cc3)CC2)CC1. The summed E-state index contributed by atoms with van der Waals surface area (Å²) in [6.07, 6.45) is 4.10. The van der Waals surface area contributed by atoms with Crippen molar-refractivity contribution in [2.24, 2.45) is 16.7 Å². The highest BCUT2D eigenvalue weighted by Gasteiger charge is 2.64. The number of amides is 2. The van der Waals surface area contributed by atoms with E-state index in [1.54, 1.807) is 26.0 Å². The van der Waals surface area contributed by atoms with Crippen LogP contribution < -0.4 is 10.1 Å². The Labute approximate surface area is 267 Å². The molecule has 230 valence electrons. The molecule has 1 saturated carbocycles. The van der Waals surface area contributed by atoms with E-state index in [0.717, 1.165) is 57.4 Å². The van der Waals surface area contributed by atoms with Gasteiger partial charge in [0.1, 0.15) is 17.9 Å². The molecule has 3 aliphatic rings. The molecule has 0 radical (unpaired) electrons. The van der Waals surface area contributed by atoms with Gasteiger partial charge in [-0.05, 0) is 75.2 Å². The Morgan fingerprint density at radius 1 is 0.977 bits per heavy atom. The van der Waals surface area contributed by atoms with E-state index in [-0.39, 0.29) is 34.7 Å². The van der Waals surface area contributed by atoms with E-state index in [0.29, 0.717) is 33.9 Å². The number of carbonyl (C=O) groups excluding carboxylic acids is 2. The number of rotatable bonds is 5. The van der Waals surface area contributed by atoms with Crippen molar-refractivity contribution in [3.05, 3.63) is 64.2 Å². The van der Waals surface area contributed by atoms with E-state index in [1.165, 1.54) is 0 Å². The summed E-state index contributed by atoms with van der Waals surface area (Å²) < 4.78 is 6.34. The quantitative estimate of drug-likeness (QED) is 0.375. The first-order valence-corrected chi connectivity index (χ1v) is 16.1. The number of nitriles is 1. The number of halogens is 1. The van der Waals surface area contributed by atoms with Crippen molar-refractivity contribution in [1.29, 1.82) is 5.26 Å². The summed E-state index contributed by atoms with van der Waals surface area (Å²) in [6, 6.07) is 15.2. The largest absolute Gasteiger partial charge is 0.489 e. The Balaban J connectivity index is 1.12. The average molecular weight is 613 g/mol. The molecule has 2 aromatic rings. The molecule has 2 aliphatic heterocycles. The van der Waals surface area contributed by atoms with Crippen molar-refractivity contribution in [2.45, 2.75) is 71.6 Å². The van der Waals surface area contributed by atoms with Gasteiger partial charge in [-0.25, -0.2) is 0 Å². The molecule has 2 amide bonds. The molecule has 0 spiro atoms. The molecule has 2 saturated heterocycles. The summed E-state index contributed by atoms with van der Waals surface area (Å²) in [4.78, 5) is 29.4. The van der Waals surface area contributed by atoms with Crippen molar-refractivity contribution in [3.8, 4) is 23.7 Å². The predicted octanol–water partition coefficient (Wildman–Crippen LogP) is 5.10. The van der Waals surface area contributed by atoms with Crippen LogP contribution in [-0.4, -0.2) is 73.7 Å². The van der Waals surface area contributed by atoms with Crippen LogP contribution >= 0.6 is 11.6 Å². The third-order valence-electron chi connectivity index (χ3n) is 9.95. The van der Waals surface area contributed by atoms with Crippen LogP contribution in [0.5, 0.6) is 5.75 Å². The van der Waals surface area contributed by atoms with Gasteiger partial charge in [-0.2, -0.15) is 5.26 Å². The molecular formula is C35H42BClN4O3. The summed E-state index contributed by atoms with van der Waals surface area (Å²) in [6.45, 7) is 12.2. The minimum Gasteiger partial charge on any atom is -0.489 e. The lowest BCUT2D eigenvalue weighted by atomic mass is 9.49. The van der Waals surface area contributed by atoms with Gasteiger partial charge >= 0.3 is 0 Å². The first kappa shape index (κ1) is 32.0. The molecule has 0 bridgehead atoms. The maximum atomic E-state index is 13.3. The van der Waals surface area contributed by atoms with Crippen LogP contribution in [0.1, 0.15) is 74.9 Å². The van der Waals surface area contributed by atoms with Crippen LogP contribution in [0.2, 0.25) is 5.02 Å². The first-order chi connectivity index (χ1) is 20.9. The molecule has 0 atom stereocenters. The standard InChI is InChI=1S/C35H42BClN4O3/c1-34(2)31(35(3,4)32(34)44-28-12-11-26(22-38)29(37)21-28)39-30(42)25-9-7-23(8-10-25)5-6-24-13-17-40(18-14-24)27-15-19-41(20-16-27)33(36)43/h7-12,21,24,27,31-32H,13-20,36H2,1-4H3,(H,39,42)/t31-,32-. The Morgan fingerprint density at radius 2 is 1.61 bits per heavy atom. The fraction of sp³-hybridized carbons (Fsp3) is 0.514. The van der Waals surface area contributed by atoms with E-state index < -0.39 is 0 Å². The molecule has 1 aliphatic carbocycles. The summed E-state index contributed by atoms with van der Waals surface area (Å²) in [5, 5.41) is 12.8. The second kappa shape index (κ2) is 12.9. The number of nitrogens with one attached hydrogen (secondary N) is 1. The van der Waals surface area contributed by atoms with Crippen molar-refractivity contribution in [3.63, 3.8) is 0 Å². The molecular weight excluding hydrogens is 571 g/mol. The second-order valence-electron chi connectivity index (χ2n) is 13.7. The van der Waals surface area contributed by atoms with Gasteiger partial charge in [-0.15, -0.1) is 0 Å². The summed E-state index contributed by atoms with van der Waals surface area (Å²) in [5.41, 5.74) is 1.28. The maximum absolute atomic E-state index is 13.3. The molecule has 3 fully saturated rings. The molecule has 0 aromatic heterocycles. The van der Waals surface area contributed by atoms with Gasteiger partial charge in [-0.3, -0.25) is 9.59 Å². The summed E-state index contributed by atoms with van der Waals surface area (Å²) in [5.74, 6) is 7.87. The molecule has 1 N–H and O–H groups in total. The molecule has 9 heteroatoms. The van der Waals surface area contributed by atoms with Crippen LogP contribution in [0.4, 0.5) is 4.79 Å². The Morgan fingerprint density at radius 3 is 2.18 bits per heavy atom. The monoisotopic (exact) mass is 612 g/mol. The van der Waals surface area contributed by atoms with Gasteiger partial charge < -0.3 is 19.9 Å². The van der Waals surface area contributed by atoms with Gasteiger partial charge in [0.05, 0.1) is 10.6 Å². The second-order valence-corrected chi connectivity index (χ2v) is 14.1. The Hall–Kier alpha value is -3.46. The molecule has 2 heterocycles.